The van der Waals surface area contributed by atoms with Gasteiger partial charge in [-0.3, -0.25) is 4.79 Å². The van der Waals surface area contributed by atoms with Gasteiger partial charge in [-0.25, -0.2) is 0 Å². The maximum atomic E-state index is 13.6. The normalized spacial score (nSPS) is 22.8. The van der Waals surface area contributed by atoms with Crippen LogP contribution < -0.4 is 10.6 Å². The van der Waals surface area contributed by atoms with Crippen LogP contribution in [0.15, 0.2) is 12.1 Å². The zero-order valence-electron chi connectivity index (χ0n) is 16.7. The molecule has 2 N–H and O–H groups in total. The molecule has 1 aromatic rings. The number of amides is 1. The number of hydrogen-bond acceptors (Lipinski definition) is 2. The SMILES string of the molecule is CCc1cc(C(F)(F)F)cc(C(F)(F)F)c1C(=O)N[C@@H]1CCCC[C@@H]1NCC1CC1. The number of alkyl halides is 6. The summed E-state index contributed by atoms with van der Waals surface area (Å²) in [6.45, 7) is 2.25. The van der Waals surface area contributed by atoms with Crippen molar-refractivity contribution in [2.75, 3.05) is 6.54 Å². The Balaban J connectivity index is 1.89. The quantitative estimate of drug-likeness (QED) is 0.592. The third-order valence-corrected chi connectivity index (χ3v) is 5.91. The van der Waals surface area contributed by atoms with Crippen LogP contribution in [0.2, 0.25) is 0 Å². The average Bonchev–Trinajstić information content (AvgIpc) is 3.49. The summed E-state index contributed by atoms with van der Waals surface area (Å²) in [6.07, 6.45) is -4.60. The van der Waals surface area contributed by atoms with Crippen LogP contribution in [0.5, 0.6) is 0 Å². The summed E-state index contributed by atoms with van der Waals surface area (Å²) in [5.74, 6) is -0.347. The highest BCUT2D eigenvalue weighted by atomic mass is 19.4. The Morgan fingerprint density at radius 3 is 2.13 bits per heavy atom. The van der Waals surface area contributed by atoms with Crippen molar-refractivity contribution < 1.29 is 31.1 Å². The fraction of sp³-hybridized carbons (Fsp3) is 0.667. The number of carbonyl (C=O) groups excluding carboxylic acids is 1. The van der Waals surface area contributed by atoms with Gasteiger partial charge in [-0.15, -0.1) is 0 Å². The van der Waals surface area contributed by atoms with Gasteiger partial charge >= 0.3 is 12.4 Å². The largest absolute Gasteiger partial charge is 0.417 e. The predicted molar refractivity (Wildman–Crippen MR) is 100 cm³/mol. The van der Waals surface area contributed by atoms with Crippen molar-refractivity contribution in [1.82, 2.24) is 10.6 Å². The van der Waals surface area contributed by atoms with E-state index in [0.717, 1.165) is 38.6 Å². The van der Waals surface area contributed by atoms with E-state index in [9.17, 15) is 31.1 Å². The summed E-state index contributed by atoms with van der Waals surface area (Å²) in [7, 11) is 0. The van der Waals surface area contributed by atoms with Crippen LogP contribution in [0.1, 0.15) is 72.5 Å². The molecule has 2 saturated carbocycles. The summed E-state index contributed by atoms with van der Waals surface area (Å²) in [5.41, 5.74) is -3.90. The molecule has 0 aliphatic heterocycles. The number of halogens is 6. The van der Waals surface area contributed by atoms with Gasteiger partial charge in [-0.1, -0.05) is 19.8 Å². The molecule has 0 saturated heterocycles. The van der Waals surface area contributed by atoms with E-state index >= 15 is 0 Å². The molecule has 2 fully saturated rings. The first kappa shape index (κ1) is 22.9. The van der Waals surface area contributed by atoms with E-state index in [0.29, 0.717) is 18.4 Å². The summed E-state index contributed by atoms with van der Waals surface area (Å²) in [6, 6.07) is 0.293. The molecule has 0 spiro atoms. The molecular formula is C21H26F6N2O. The molecule has 2 atom stereocenters. The molecule has 168 valence electrons. The van der Waals surface area contributed by atoms with Gasteiger partial charge in [-0.05, 0) is 62.3 Å². The molecule has 0 aromatic heterocycles. The van der Waals surface area contributed by atoms with Crippen molar-refractivity contribution in [2.24, 2.45) is 5.92 Å². The van der Waals surface area contributed by atoms with Crippen molar-refractivity contribution in [3.63, 3.8) is 0 Å². The highest BCUT2D eigenvalue weighted by Gasteiger charge is 2.41. The summed E-state index contributed by atoms with van der Waals surface area (Å²) >= 11 is 0. The fourth-order valence-corrected chi connectivity index (χ4v) is 4.06. The first-order chi connectivity index (χ1) is 14.0. The third-order valence-electron chi connectivity index (χ3n) is 5.91. The highest BCUT2D eigenvalue weighted by molar-refractivity contribution is 5.97. The molecule has 0 radical (unpaired) electrons. The molecule has 0 bridgehead atoms. The van der Waals surface area contributed by atoms with Gasteiger partial charge in [0.2, 0.25) is 0 Å². The van der Waals surface area contributed by atoms with E-state index < -0.39 is 35.0 Å². The minimum Gasteiger partial charge on any atom is -0.348 e. The van der Waals surface area contributed by atoms with E-state index in [4.69, 9.17) is 0 Å². The number of carbonyl (C=O) groups is 1. The molecule has 3 nitrogen and oxygen atoms in total. The predicted octanol–water partition coefficient (Wildman–Crippen LogP) is 5.33. The van der Waals surface area contributed by atoms with Crippen LogP contribution in [-0.4, -0.2) is 24.5 Å². The Hall–Kier alpha value is -1.77. The van der Waals surface area contributed by atoms with Crippen molar-refractivity contribution in [3.8, 4) is 0 Å². The van der Waals surface area contributed by atoms with Crippen LogP contribution in [0.4, 0.5) is 26.3 Å². The number of benzene rings is 1. The summed E-state index contributed by atoms with van der Waals surface area (Å²) in [5, 5.41) is 6.10. The molecule has 2 aliphatic rings. The number of nitrogens with one attached hydrogen (secondary N) is 2. The number of rotatable bonds is 6. The molecule has 30 heavy (non-hydrogen) atoms. The zero-order chi connectivity index (χ0) is 22.1. The monoisotopic (exact) mass is 436 g/mol. The molecule has 3 rings (SSSR count). The van der Waals surface area contributed by atoms with E-state index in [2.05, 4.69) is 10.6 Å². The first-order valence-electron chi connectivity index (χ1n) is 10.4. The van der Waals surface area contributed by atoms with Gasteiger partial charge in [0.15, 0.2) is 0 Å². The topological polar surface area (TPSA) is 41.1 Å². The van der Waals surface area contributed by atoms with Crippen molar-refractivity contribution in [2.45, 2.75) is 76.3 Å². The number of aryl methyl sites for hydroxylation is 1. The van der Waals surface area contributed by atoms with Crippen molar-refractivity contribution in [3.05, 3.63) is 34.4 Å². The van der Waals surface area contributed by atoms with E-state index in [-0.39, 0.29) is 30.1 Å². The van der Waals surface area contributed by atoms with E-state index in [1.165, 1.54) is 6.92 Å². The Morgan fingerprint density at radius 2 is 1.60 bits per heavy atom. The van der Waals surface area contributed by atoms with Gasteiger partial charge in [-0.2, -0.15) is 26.3 Å². The van der Waals surface area contributed by atoms with Gasteiger partial charge in [0.25, 0.3) is 5.91 Å². The lowest BCUT2D eigenvalue weighted by molar-refractivity contribution is -0.143. The van der Waals surface area contributed by atoms with Crippen molar-refractivity contribution >= 4 is 5.91 Å². The first-order valence-corrected chi connectivity index (χ1v) is 10.4. The van der Waals surface area contributed by atoms with E-state index in [1.807, 2.05) is 0 Å². The highest BCUT2D eigenvalue weighted by Crippen LogP contribution is 2.39. The van der Waals surface area contributed by atoms with Gasteiger partial charge in [0, 0.05) is 12.1 Å². The molecule has 0 unspecified atom stereocenters. The molecule has 1 amide bonds. The number of hydrogen-bond donors (Lipinski definition) is 2. The van der Waals surface area contributed by atoms with Crippen LogP contribution in [0, 0.1) is 5.92 Å². The van der Waals surface area contributed by atoms with Gasteiger partial charge in [0.05, 0.1) is 16.7 Å². The Morgan fingerprint density at radius 1 is 0.967 bits per heavy atom. The second-order valence-corrected chi connectivity index (χ2v) is 8.23. The van der Waals surface area contributed by atoms with Crippen molar-refractivity contribution in [1.29, 1.82) is 0 Å². The lowest BCUT2D eigenvalue weighted by Crippen LogP contribution is -2.52. The lowest BCUT2D eigenvalue weighted by Gasteiger charge is -2.33. The summed E-state index contributed by atoms with van der Waals surface area (Å²) in [4.78, 5) is 12.9. The Bertz CT molecular complexity index is 770. The minimum absolute atomic E-state index is 0.0395. The standard InChI is InChI=1S/C21H26F6N2O/c1-2-13-9-14(20(22,23)24)10-15(21(25,26)27)18(13)19(30)29-17-6-4-3-5-16(17)28-11-12-7-8-12/h9-10,12,16-17,28H,2-8,11H2,1H3,(H,29,30)/t16-,17+/m0/s1. The average molecular weight is 436 g/mol. The second-order valence-electron chi connectivity index (χ2n) is 8.23. The third kappa shape index (κ3) is 5.47. The molecule has 2 aliphatic carbocycles. The van der Waals surface area contributed by atoms with Crippen LogP contribution in [0.25, 0.3) is 0 Å². The lowest BCUT2D eigenvalue weighted by atomic mass is 9.89. The van der Waals surface area contributed by atoms with Gasteiger partial charge in [0.1, 0.15) is 0 Å². The maximum absolute atomic E-state index is 13.6. The molecule has 1 aromatic carbocycles. The van der Waals surface area contributed by atoms with Gasteiger partial charge < -0.3 is 10.6 Å². The second kappa shape index (κ2) is 8.77. The maximum Gasteiger partial charge on any atom is 0.417 e. The van der Waals surface area contributed by atoms with Crippen LogP contribution >= 0.6 is 0 Å². The smallest absolute Gasteiger partial charge is 0.348 e. The molecule has 0 heterocycles. The Labute approximate surface area is 171 Å². The van der Waals surface area contributed by atoms with E-state index in [1.54, 1.807) is 0 Å². The van der Waals surface area contributed by atoms with Crippen LogP contribution in [-0.2, 0) is 18.8 Å². The van der Waals surface area contributed by atoms with Crippen LogP contribution in [0.3, 0.4) is 0 Å². The molecular weight excluding hydrogens is 410 g/mol. The fourth-order valence-electron chi connectivity index (χ4n) is 4.06. The zero-order valence-corrected chi connectivity index (χ0v) is 16.7. The Kier molecular flexibility index (Phi) is 6.69. The molecule has 9 heteroatoms. The summed E-state index contributed by atoms with van der Waals surface area (Å²) < 4.78 is 80.1. The minimum atomic E-state index is -5.08.